The maximum Gasteiger partial charge on any atom is 0.270 e. The van der Waals surface area contributed by atoms with Crippen molar-refractivity contribution in [1.82, 2.24) is 0 Å². The van der Waals surface area contributed by atoms with Gasteiger partial charge in [-0.05, 0) is 13.0 Å². The first-order chi connectivity index (χ1) is 7.97. The summed E-state index contributed by atoms with van der Waals surface area (Å²) in [4.78, 5) is 23.4. The molecule has 0 saturated carbocycles. The van der Waals surface area contributed by atoms with Crippen molar-refractivity contribution >= 4 is 17.2 Å². The fourth-order valence-corrected chi connectivity index (χ4v) is 1.54. The number of nitro benzene ring substituents is 1. The van der Waals surface area contributed by atoms with Gasteiger partial charge in [0, 0.05) is 37.0 Å². The second kappa shape index (κ2) is 5.25. The van der Waals surface area contributed by atoms with Gasteiger partial charge in [-0.25, -0.2) is 0 Å². The number of benzene rings is 1. The van der Waals surface area contributed by atoms with E-state index in [0.717, 1.165) is 0 Å². The zero-order valence-electron chi connectivity index (χ0n) is 9.84. The summed E-state index contributed by atoms with van der Waals surface area (Å²) in [6.07, 6.45) is 1.70. The molecule has 0 saturated heterocycles. The fraction of sp³-hybridized carbons (Fsp3) is 0.250. The predicted octanol–water partition coefficient (Wildman–Crippen LogP) is 2.42. The van der Waals surface area contributed by atoms with Crippen LogP contribution in [0.15, 0.2) is 30.9 Å². The molecule has 0 spiro atoms. The highest BCUT2D eigenvalue weighted by Gasteiger charge is 2.15. The van der Waals surface area contributed by atoms with Gasteiger partial charge >= 0.3 is 0 Å². The largest absolute Gasteiger partial charge is 0.370 e. The number of likely N-dealkylation sites (N-methyl/N-ethyl adjacent to an activating group) is 1. The van der Waals surface area contributed by atoms with E-state index in [1.807, 2.05) is 4.90 Å². The number of carbonyl (C=O) groups excluding carboxylic acids is 1. The molecule has 17 heavy (non-hydrogen) atoms. The third kappa shape index (κ3) is 2.90. The summed E-state index contributed by atoms with van der Waals surface area (Å²) in [5.74, 6) is -0.195. The van der Waals surface area contributed by atoms with Crippen LogP contribution in [0.5, 0.6) is 0 Å². The molecule has 0 aliphatic heterocycles. The maximum atomic E-state index is 11.5. The molecule has 0 aromatic heterocycles. The molecule has 0 aliphatic rings. The Hall–Kier alpha value is -2.17. The SMILES string of the molecule is C=CCN(C)c1ccc([N+](=O)[O-])cc1C(C)=O. The summed E-state index contributed by atoms with van der Waals surface area (Å²) < 4.78 is 0. The molecule has 1 aromatic carbocycles. The molecule has 5 heteroatoms. The van der Waals surface area contributed by atoms with Crippen LogP contribution in [0.3, 0.4) is 0 Å². The molecular weight excluding hydrogens is 220 g/mol. The number of Topliss-reactive ketones (excluding diaryl/α,β-unsaturated/α-hetero) is 1. The third-order valence-electron chi connectivity index (χ3n) is 2.38. The summed E-state index contributed by atoms with van der Waals surface area (Å²) in [7, 11) is 1.80. The van der Waals surface area contributed by atoms with E-state index in [1.54, 1.807) is 19.2 Å². The number of hydrogen-bond acceptors (Lipinski definition) is 4. The van der Waals surface area contributed by atoms with E-state index in [0.29, 0.717) is 17.8 Å². The first-order valence-electron chi connectivity index (χ1n) is 5.08. The van der Waals surface area contributed by atoms with Gasteiger partial charge in [0.05, 0.1) is 4.92 Å². The fourth-order valence-electron chi connectivity index (χ4n) is 1.54. The minimum Gasteiger partial charge on any atom is -0.370 e. The van der Waals surface area contributed by atoms with Crippen LogP contribution in [-0.4, -0.2) is 24.3 Å². The Labute approximate surface area is 99.5 Å². The first-order valence-corrected chi connectivity index (χ1v) is 5.08. The van der Waals surface area contributed by atoms with Crippen molar-refractivity contribution in [2.24, 2.45) is 0 Å². The number of carbonyl (C=O) groups is 1. The summed E-state index contributed by atoms with van der Waals surface area (Å²) in [5.41, 5.74) is 0.942. The van der Waals surface area contributed by atoms with Crippen LogP contribution in [0.1, 0.15) is 17.3 Å². The summed E-state index contributed by atoms with van der Waals surface area (Å²) >= 11 is 0. The standard InChI is InChI=1S/C12H14N2O3/c1-4-7-13(3)12-6-5-10(14(16)17)8-11(12)9(2)15/h4-6,8H,1,7H2,2-3H3. The van der Waals surface area contributed by atoms with Crippen molar-refractivity contribution < 1.29 is 9.72 Å². The second-order valence-electron chi connectivity index (χ2n) is 3.68. The van der Waals surface area contributed by atoms with E-state index < -0.39 is 4.92 Å². The number of nitrogens with zero attached hydrogens (tertiary/aromatic N) is 2. The monoisotopic (exact) mass is 234 g/mol. The van der Waals surface area contributed by atoms with Crippen molar-refractivity contribution in [3.63, 3.8) is 0 Å². The average molecular weight is 234 g/mol. The summed E-state index contributed by atoms with van der Waals surface area (Å²) in [6.45, 7) is 5.57. The van der Waals surface area contributed by atoms with Gasteiger partial charge in [0.1, 0.15) is 0 Å². The Morgan fingerprint density at radius 2 is 2.24 bits per heavy atom. The number of nitro groups is 1. The van der Waals surface area contributed by atoms with Crippen molar-refractivity contribution in [3.05, 3.63) is 46.5 Å². The van der Waals surface area contributed by atoms with Gasteiger partial charge in [-0.15, -0.1) is 6.58 Å². The van der Waals surface area contributed by atoms with Crippen molar-refractivity contribution in [2.45, 2.75) is 6.92 Å². The van der Waals surface area contributed by atoms with Crippen molar-refractivity contribution in [2.75, 3.05) is 18.5 Å². The van der Waals surface area contributed by atoms with Crippen LogP contribution in [-0.2, 0) is 0 Å². The van der Waals surface area contributed by atoms with E-state index in [9.17, 15) is 14.9 Å². The zero-order chi connectivity index (χ0) is 13.0. The topological polar surface area (TPSA) is 63.4 Å². The van der Waals surface area contributed by atoms with Gasteiger partial charge in [-0.1, -0.05) is 6.08 Å². The number of ketones is 1. The molecule has 5 nitrogen and oxygen atoms in total. The van der Waals surface area contributed by atoms with Crippen molar-refractivity contribution in [3.8, 4) is 0 Å². The van der Waals surface area contributed by atoms with Gasteiger partial charge in [0.15, 0.2) is 5.78 Å². The molecule has 0 unspecified atom stereocenters. The molecule has 0 N–H and O–H groups in total. The minimum absolute atomic E-state index is 0.0778. The number of hydrogen-bond donors (Lipinski definition) is 0. The Bertz CT molecular complexity index is 469. The normalized spacial score (nSPS) is 9.76. The van der Waals surface area contributed by atoms with Gasteiger partial charge in [0.2, 0.25) is 0 Å². The Balaban J connectivity index is 3.26. The van der Waals surface area contributed by atoms with Crippen LogP contribution in [0.25, 0.3) is 0 Å². The lowest BCUT2D eigenvalue weighted by Crippen LogP contribution is -2.19. The highest BCUT2D eigenvalue weighted by Crippen LogP contribution is 2.25. The summed E-state index contributed by atoms with van der Waals surface area (Å²) in [6, 6.07) is 4.27. The van der Waals surface area contributed by atoms with Crippen LogP contribution >= 0.6 is 0 Å². The van der Waals surface area contributed by atoms with E-state index in [2.05, 4.69) is 6.58 Å². The van der Waals surface area contributed by atoms with Crippen molar-refractivity contribution in [1.29, 1.82) is 0 Å². The van der Waals surface area contributed by atoms with Crippen LogP contribution < -0.4 is 4.90 Å². The van der Waals surface area contributed by atoms with E-state index in [4.69, 9.17) is 0 Å². The van der Waals surface area contributed by atoms with E-state index in [-0.39, 0.29) is 11.5 Å². The number of non-ortho nitro benzene ring substituents is 1. The minimum atomic E-state index is -0.510. The first kappa shape index (κ1) is 12.9. The molecule has 0 heterocycles. The molecule has 1 rings (SSSR count). The molecule has 0 bridgehead atoms. The zero-order valence-corrected chi connectivity index (χ0v) is 9.84. The average Bonchev–Trinajstić information content (AvgIpc) is 2.28. The van der Waals surface area contributed by atoms with Gasteiger partial charge in [0.25, 0.3) is 5.69 Å². The Morgan fingerprint density at radius 3 is 2.71 bits per heavy atom. The van der Waals surface area contributed by atoms with Gasteiger partial charge < -0.3 is 4.90 Å². The molecule has 90 valence electrons. The highest BCUT2D eigenvalue weighted by atomic mass is 16.6. The summed E-state index contributed by atoms with van der Waals surface area (Å²) in [5, 5.41) is 10.6. The highest BCUT2D eigenvalue weighted by molar-refractivity contribution is 6.00. The molecule has 0 amide bonds. The third-order valence-corrected chi connectivity index (χ3v) is 2.38. The quantitative estimate of drug-likeness (QED) is 0.339. The molecule has 0 fully saturated rings. The second-order valence-corrected chi connectivity index (χ2v) is 3.68. The van der Waals surface area contributed by atoms with Gasteiger partial charge in [-0.3, -0.25) is 14.9 Å². The molecule has 0 atom stereocenters. The van der Waals surface area contributed by atoms with E-state index >= 15 is 0 Å². The molecule has 0 aliphatic carbocycles. The number of rotatable bonds is 5. The number of anilines is 1. The lowest BCUT2D eigenvalue weighted by atomic mass is 10.1. The van der Waals surface area contributed by atoms with Crippen LogP contribution in [0.4, 0.5) is 11.4 Å². The Morgan fingerprint density at radius 1 is 1.59 bits per heavy atom. The smallest absolute Gasteiger partial charge is 0.270 e. The van der Waals surface area contributed by atoms with E-state index in [1.165, 1.54) is 19.1 Å². The lowest BCUT2D eigenvalue weighted by Gasteiger charge is -2.19. The maximum absolute atomic E-state index is 11.5. The van der Waals surface area contributed by atoms with Crippen LogP contribution in [0, 0.1) is 10.1 Å². The molecule has 0 radical (unpaired) electrons. The van der Waals surface area contributed by atoms with Crippen LogP contribution in [0.2, 0.25) is 0 Å². The lowest BCUT2D eigenvalue weighted by molar-refractivity contribution is -0.384. The molecular formula is C12H14N2O3. The van der Waals surface area contributed by atoms with Gasteiger partial charge in [-0.2, -0.15) is 0 Å². The predicted molar refractivity (Wildman–Crippen MR) is 66.6 cm³/mol. The Kier molecular flexibility index (Phi) is 3.98. The molecule has 1 aromatic rings.